The van der Waals surface area contributed by atoms with Gasteiger partial charge >= 0.3 is 0 Å². The fraction of sp³-hybridized carbons (Fsp3) is 1.00. The van der Waals surface area contributed by atoms with E-state index in [4.69, 9.17) is 9.16 Å². The Balaban J connectivity index is 3.89. The average molecular weight is 236 g/mol. The standard InChI is InChI=1S/C9H24O3Si2/c1-7-9(2)11-8-12-14(5,6)13(3,4)10/h9-10H,7-8H2,1-6H3. The van der Waals surface area contributed by atoms with Crippen LogP contribution < -0.4 is 0 Å². The second kappa shape index (κ2) is 5.41. The Morgan fingerprint density at radius 1 is 1.21 bits per heavy atom. The molecule has 0 heterocycles. The molecule has 0 saturated heterocycles. The summed E-state index contributed by atoms with van der Waals surface area (Å²) in [5, 5.41) is 0. The SMILES string of the molecule is CCC(C)OCO[Si](C)(C)[Si](C)(C)O. The van der Waals surface area contributed by atoms with Gasteiger partial charge in [0.05, 0.1) is 6.10 Å². The molecule has 0 aromatic carbocycles. The van der Waals surface area contributed by atoms with Gasteiger partial charge in [0.15, 0.2) is 0 Å². The molecule has 5 heteroatoms. The molecule has 0 radical (unpaired) electrons. The van der Waals surface area contributed by atoms with Crippen molar-refractivity contribution in [2.45, 2.75) is 52.6 Å². The van der Waals surface area contributed by atoms with Crippen molar-refractivity contribution < 1.29 is 14.0 Å². The topological polar surface area (TPSA) is 38.7 Å². The van der Waals surface area contributed by atoms with Gasteiger partial charge < -0.3 is 14.0 Å². The molecule has 0 aromatic heterocycles. The second-order valence-electron chi connectivity index (χ2n) is 4.72. The van der Waals surface area contributed by atoms with Gasteiger partial charge in [0.25, 0.3) is 0 Å². The van der Waals surface area contributed by atoms with Crippen molar-refractivity contribution in [3.8, 4) is 0 Å². The highest BCUT2D eigenvalue weighted by molar-refractivity contribution is 7.35. The molecule has 1 atom stereocenters. The highest BCUT2D eigenvalue weighted by Crippen LogP contribution is 2.17. The zero-order chi connectivity index (χ0) is 11.4. The molecular weight excluding hydrogens is 212 g/mol. The van der Waals surface area contributed by atoms with E-state index in [1.54, 1.807) is 0 Å². The number of hydrogen-bond donors (Lipinski definition) is 1. The third-order valence-electron chi connectivity index (χ3n) is 2.82. The van der Waals surface area contributed by atoms with Gasteiger partial charge in [-0.3, -0.25) is 0 Å². The van der Waals surface area contributed by atoms with Crippen LogP contribution in [-0.2, 0) is 9.16 Å². The maximum absolute atomic E-state index is 9.99. The number of hydrogen-bond acceptors (Lipinski definition) is 3. The first-order chi connectivity index (χ1) is 6.20. The quantitative estimate of drug-likeness (QED) is 0.568. The molecule has 0 bridgehead atoms. The van der Waals surface area contributed by atoms with Crippen LogP contribution in [0.5, 0.6) is 0 Å². The minimum absolute atomic E-state index is 0.239. The Morgan fingerprint density at radius 3 is 2.07 bits per heavy atom. The molecule has 1 N–H and O–H groups in total. The van der Waals surface area contributed by atoms with Crippen LogP contribution in [0.2, 0.25) is 26.2 Å². The minimum Gasteiger partial charge on any atom is -0.432 e. The molecule has 0 fully saturated rings. The lowest BCUT2D eigenvalue weighted by Crippen LogP contribution is -2.57. The first-order valence-electron chi connectivity index (χ1n) is 5.18. The van der Waals surface area contributed by atoms with Crippen LogP contribution in [0.1, 0.15) is 20.3 Å². The van der Waals surface area contributed by atoms with E-state index in [-0.39, 0.29) is 6.10 Å². The first kappa shape index (κ1) is 14.3. The van der Waals surface area contributed by atoms with Crippen LogP contribution in [0.25, 0.3) is 0 Å². The monoisotopic (exact) mass is 236 g/mol. The predicted molar refractivity (Wildman–Crippen MR) is 64.0 cm³/mol. The lowest BCUT2D eigenvalue weighted by molar-refractivity contribution is -0.0322. The molecule has 0 rings (SSSR count). The Morgan fingerprint density at radius 2 is 1.71 bits per heavy atom. The van der Waals surface area contributed by atoms with Gasteiger partial charge in [-0.1, -0.05) is 6.92 Å². The fourth-order valence-corrected chi connectivity index (χ4v) is 2.54. The lowest BCUT2D eigenvalue weighted by Gasteiger charge is -2.32. The Bertz CT molecular complexity index is 166. The summed E-state index contributed by atoms with van der Waals surface area (Å²) in [6, 6.07) is 0. The van der Waals surface area contributed by atoms with E-state index in [0.717, 1.165) is 6.42 Å². The van der Waals surface area contributed by atoms with E-state index >= 15 is 0 Å². The zero-order valence-corrected chi connectivity index (χ0v) is 12.3. The van der Waals surface area contributed by atoms with Crippen molar-refractivity contribution in [2.24, 2.45) is 0 Å². The van der Waals surface area contributed by atoms with E-state index in [1.165, 1.54) is 0 Å². The van der Waals surface area contributed by atoms with Gasteiger partial charge in [-0.05, 0) is 39.5 Å². The van der Waals surface area contributed by atoms with Crippen molar-refractivity contribution in [3.63, 3.8) is 0 Å². The Kier molecular flexibility index (Phi) is 5.53. The molecule has 0 aliphatic rings. The van der Waals surface area contributed by atoms with E-state index < -0.39 is 15.7 Å². The molecule has 3 nitrogen and oxygen atoms in total. The third kappa shape index (κ3) is 4.70. The van der Waals surface area contributed by atoms with Crippen LogP contribution in [0.15, 0.2) is 0 Å². The van der Waals surface area contributed by atoms with E-state index in [2.05, 4.69) is 20.0 Å². The van der Waals surface area contributed by atoms with Crippen LogP contribution in [0.3, 0.4) is 0 Å². The van der Waals surface area contributed by atoms with Crippen LogP contribution in [-0.4, -0.2) is 33.4 Å². The summed E-state index contributed by atoms with van der Waals surface area (Å²) < 4.78 is 11.1. The molecule has 1 unspecified atom stereocenters. The van der Waals surface area contributed by atoms with Crippen molar-refractivity contribution in [1.29, 1.82) is 0 Å². The normalized spacial score (nSPS) is 15.6. The lowest BCUT2D eigenvalue weighted by atomic mass is 10.3. The molecule has 86 valence electrons. The van der Waals surface area contributed by atoms with Gasteiger partial charge in [-0.2, -0.15) is 0 Å². The van der Waals surface area contributed by atoms with Crippen molar-refractivity contribution >= 4 is 15.7 Å². The Labute approximate surface area is 89.5 Å². The summed E-state index contributed by atoms with van der Waals surface area (Å²) in [5.74, 6) is 0. The van der Waals surface area contributed by atoms with Crippen molar-refractivity contribution in [1.82, 2.24) is 0 Å². The molecule has 0 saturated carbocycles. The number of rotatable bonds is 6. The molecular formula is C9H24O3Si2. The maximum Gasteiger partial charge on any atom is 0.207 e. The van der Waals surface area contributed by atoms with Crippen molar-refractivity contribution in [2.75, 3.05) is 6.79 Å². The highest BCUT2D eigenvalue weighted by atomic mass is 29.3. The zero-order valence-electron chi connectivity index (χ0n) is 10.3. The number of ether oxygens (including phenoxy) is 1. The van der Waals surface area contributed by atoms with Gasteiger partial charge in [0, 0.05) is 0 Å². The molecule has 0 spiro atoms. The fourth-order valence-electron chi connectivity index (χ4n) is 0.592. The van der Waals surface area contributed by atoms with Crippen LogP contribution in [0, 0.1) is 0 Å². The molecule has 0 aliphatic heterocycles. The summed E-state index contributed by atoms with van der Waals surface area (Å²) in [4.78, 5) is 9.99. The van der Waals surface area contributed by atoms with E-state index in [9.17, 15) is 4.80 Å². The predicted octanol–water partition coefficient (Wildman–Crippen LogP) is 2.26. The highest BCUT2D eigenvalue weighted by Gasteiger charge is 2.42. The maximum atomic E-state index is 9.99. The summed E-state index contributed by atoms with van der Waals surface area (Å²) in [6.45, 7) is 12.4. The average Bonchev–Trinajstić information content (AvgIpc) is 2.01. The van der Waals surface area contributed by atoms with E-state index in [0.29, 0.717) is 6.79 Å². The van der Waals surface area contributed by atoms with Gasteiger partial charge in [0.2, 0.25) is 15.7 Å². The van der Waals surface area contributed by atoms with Crippen LogP contribution >= 0.6 is 0 Å². The molecule has 0 aliphatic carbocycles. The molecule has 0 amide bonds. The van der Waals surface area contributed by atoms with Crippen molar-refractivity contribution in [3.05, 3.63) is 0 Å². The molecule has 14 heavy (non-hydrogen) atoms. The first-order valence-corrected chi connectivity index (χ1v) is 12.0. The van der Waals surface area contributed by atoms with E-state index in [1.807, 2.05) is 20.0 Å². The summed E-state index contributed by atoms with van der Waals surface area (Å²) in [6.07, 6.45) is 1.23. The summed E-state index contributed by atoms with van der Waals surface area (Å²) >= 11 is 0. The molecule has 0 aromatic rings. The van der Waals surface area contributed by atoms with Gasteiger partial charge in [-0.15, -0.1) is 0 Å². The minimum atomic E-state index is -2.13. The van der Waals surface area contributed by atoms with Crippen LogP contribution in [0.4, 0.5) is 0 Å². The largest absolute Gasteiger partial charge is 0.432 e. The smallest absolute Gasteiger partial charge is 0.207 e. The van der Waals surface area contributed by atoms with Gasteiger partial charge in [-0.25, -0.2) is 0 Å². The summed E-state index contributed by atoms with van der Waals surface area (Å²) in [5.41, 5.74) is 0. The van der Waals surface area contributed by atoms with Gasteiger partial charge in [0.1, 0.15) is 6.79 Å². The Hall–Kier alpha value is 0.314. The second-order valence-corrected chi connectivity index (χ2v) is 18.4. The summed E-state index contributed by atoms with van der Waals surface area (Å²) in [7, 11) is -4.05. The third-order valence-corrected chi connectivity index (χ3v) is 15.9.